The highest BCUT2D eigenvalue weighted by Crippen LogP contribution is 2.16. The Balaban J connectivity index is 2.18. The van der Waals surface area contributed by atoms with E-state index in [0.717, 1.165) is 11.1 Å². The fraction of sp³-hybridized carbons (Fsp3) is 0.222. The molecule has 1 amide bonds. The zero-order valence-electron chi connectivity index (χ0n) is 13.0. The number of carbonyl (C=O) groups is 2. The Hall–Kier alpha value is -2.62. The molecular formula is C18H19NO3. The molecule has 4 nitrogen and oxygen atoms in total. The van der Waals surface area contributed by atoms with Crippen LogP contribution in [0.3, 0.4) is 0 Å². The molecule has 0 saturated heterocycles. The van der Waals surface area contributed by atoms with Gasteiger partial charge in [0.2, 0.25) is 0 Å². The molecule has 22 heavy (non-hydrogen) atoms. The maximum atomic E-state index is 12.3. The fourth-order valence-electron chi connectivity index (χ4n) is 2.21. The molecule has 1 N–H and O–H groups in total. The Morgan fingerprint density at radius 3 is 2.55 bits per heavy atom. The van der Waals surface area contributed by atoms with Crippen LogP contribution in [0.5, 0.6) is 0 Å². The van der Waals surface area contributed by atoms with Crippen LogP contribution >= 0.6 is 0 Å². The van der Waals surface area contributed by atoms with Crippen LogP contribution in [-0.2, 0) is 4.74 Å². The van der Waals surface area contributed by atoms with Crippen molar-refractivity contribution in [1.82, 2.24) is 0 Å². The van der Waals surface area contributed by atoms with Gasteiger partial charge in [-0.25, -0.2) is 4.79 Å². The van der Waals surface area contributed by atoms with Crippen molar-refractivity contribution in [2.75, 3.05) is 11.9 Å². The first kappa shape index (κ1) is 15.8. The van der Waals surface area contributed by atoms with Gasteiger partial charge in [0.1, 0.15) is 0 Å². The van der Waals surface area contributed by atoms with Crippen molar-refractivity contribution in [3.8, 4) is 0 Å². The van der Waals surface area contributed by atoms with E-state index in [1.807, 2.05) is 26.0 Å². The van der Waals surface area contributed by atoms with E-state index in [4.69, 9.17) is 4.74 Å². The standard InChI is InChI=1S/C18H19NO3/c1-4-22-18(21)14-6-5-7-15(11-14)19-17(20)16-9-8-12(2)10-13(16)3/h5-11H,4H2,1-3H3,(H,19,20). The van der Waals surface area contributed by atoms with Crippen molar-refractivity contribution in [2.24, 2.45) is 0 Å². The minimum Gasteiger partial charge on any atom is -0.462 e. The summed E-state index contributed by atoms with van der Waals surface area (Å²) in [4.78, 5) is 24.0. The number of anilines is 1. The quantitative estimate of drug-likeness (QED) is 0.875. The van der Waals surface area contributed by atoms with E-state index < -0.39 is 5.97 Å². The molecule has 2 rings (SSSR count). The molecule has 0 aliphatic rings. The lowest BCUT2D eigenvalue weighted by molar-refractivity contribution is 0.0526. The van der Waals surface area contributed by atoms with Crippen LogP contribution in [0.4, 0.5) is 5.69 Å². The molecule has 0 radical (unpaired) electrons. The fourth-order valence-corrected chi connectivity index (χ4v) is 2.21. The highest BCUT2D eigenvalue weighted by Gasteiger charge is 2.11. The van der Waals surface area contributed by atoms with Gasteiger partial charge in [0.15, 0.2) is 0 Å². The number of carbonyl (C=O) groups excluding carboxylic acids is 2. The van der Waals surface area contributed by atoms with Crippen LogP contribution in [0.25, 0.3) is 0 Å². The Labute approximate surface area is 130 Å². The minimum atomic E-state index is -0.398. The Morgan fingerprint density at radius 1 is 1.09 bits per heavy atom. The third-order valence-electron chi connectivity index (χ3n) is 3.26. The number of hydrogen-bond donors (Lipinski definition) is 1. The molecule has 0 saturated carbocycles. The third kappa shape index (κ3) is 3.73. The molecule has 0 aliphatic carbocycles. The molecule has 0 atom stereocenters. The van der Waals surface area contributed by atoms with Gasteiger partial charge < -0.3 is 10.1 Å². The predicted molar refractivity (Wildman–Crippen MR) is 86.3 cm³/mol. The Kier molecular flexibility index (Phi) is 4.94. The van der Waals surface area contributed by atoms with Gasteiger partial charge in [-0.05, 0) is 50.6 Å². The van der Waals surface area contributed by atoms with Crippen molar-refractivity contribution in [3.63, 3.8) is 0 Å². The normalized spacial score (nSPS) is 10.1. The summed E-state index contributed by atoms with van der Waals surface area (Å²) in [6, 6.07) is 12.4. The molecule has 2 aromatic rings. The average molecular weight is 297 g/mol. The van der Waals surface area contributed by atoms with Crippen molar-refractivity contribution in [1.29, 1.82) is 0 Å². The summed E-state index contributed by atoms with van der Waals surface area (Å²) in [6.07, 6.45) is 0. The summed E-state index contributed by atoms with van der Waals surface area (Å²) in [7, 11) is 0. The number of amides is 1. The molecule has 0 fully saturated rings. The molecule has 2 aromatic carbocycles. The predicted octanol–water partition coefficient (Wildman–Crippen LogP) is 3.73. The van der Waals surface area contributed by atoms with Crippen LogP contribution < -0.4 is 5.32 Å². The van der Waals surface area contributed by atoms with Gasteiger partial charge in [0, 0.05) is 11.3 Å². The van der Waals surface area contributed by atoms with E-state index >= 15 is 0 Å². The number of rotatable bonds is 4. The monoisotopic (exact) mass is 297 g/mol. The Morgan fingerprint density at radius 2 is 1.86 bits per heavy atom. The molecule has 0 aliphatic heterocycles. The van der Waals surface area contributed by atoms with Crippen LogP contribution in [0, 0.1) is 13.8 Å². The summed E-state index contributed by atoms with van der Waals surface area (Å²) < 4.78 is 4.95. The first-order valence-corrected chi connectivity index (χ1v) is 7.17. The van der Waals surface area contributed by atoms with Gasteiger partial charge in [0.05, 0.1) is 12.2 Å². The number of esters is 1. The van der Waals surface area contributed by atoms with E-state index in [-0.39, 0.29) is 5.91 Å². The average Bonchev–Trinajstić information content (AvgIpc) is 2.47. The number of ether oxygens (including phenoxy) is 1. The van der Waals surface area contributed by atoms with E-state index in [9.17, 15) is 9.59 Å². The molecule has 0 aromatic heterocycles. The lowest BCUT2D eigenvalue weighted by Crippen LogP contribution is -2.14. The lowest BCUT2D eigenvalue weighted by atomic mass is 10.1. The summed E-state index contributed by atoms with van der Waals surface area (Å²) in [6.45, 7) is 5.95. The molecule has 114 valence electrons. The number of hydrogen-bond acceptors (Lipinski definition) is 3. The van der Waals surface area contributed by atoms with Crippen molar-refractivity contribution >= 4 is 17.6 Å². The zero-order valence-corrected chi connectivity index (χ0v) is 13.0. The highest BCUT2D eigenvalue weighted by atomic mass is 16.5. The first-order valence-electron chi connectivity index (χ1n) is 7.17. The number of nitrogens with one attached hydrogen (secondary N) is 1. The number of aryl methyl sites for hydroxylation is 2. The van der Waals surface area contributed by atoms with E-state index in [1.54, 1.807) is 37.3 Å². The molecule has 0 heterocycles. The molecule has 0 spiro atoms. The van der Waals surface area contributed by atoms with Crippen molar-refractivity contribution in [3.05, 3.63) is 64.7 Å². The van der Waals surface area contributed by atoms with E-state index in [2.05, 4.69) is 5.32 Å². The molecule has 0 unspecified atom stereocenters. The van der Waals surface area contributed by atoms with E-state index in [0.29, 0.717) is 23.4 Å². The first-order chi connectivity index (χ1) is 10.5. The molecule has 0 bridgehead atoms. The second-order valence-corrected chi connectivity index (χ2v) is 5.07. The van der Waals surface area contributed by atoms with Gasteiger partial charge in [-0.3, -0.25) is 4.79 Å². The largest absolute Gasteiger partial charge is 0.462 e. The van der Waals surface area contributed by atoms with Crippen LogP contribution in [0.15, 0.2) is 42.5 Å². The van der Waals surface area contributed by atoms with Crippen LogP contribution in [-0.4, -0.2) is 18.5 Å². The second-order valence-electron chi connectivity index (χ2n) is 5.07. The van der Waals surface area contributed by atoms with Gasteiger partial charge in [-0.15, -0.1) is 0 Å². The van der Waals surface area contributed by atoms with Crippen LogP contribution in [0.1, 0.15) is 38.8 Å². The SMILES string of the molecule is CCOC(=O)c1cccc(NC(=O)c2ccc(C)cc2C)c1. The minimum absolute atomic E-state index is 0.196. The van der Waals surface area contributed by atoms with E-state index in [1.165, 1.54) is 0 Å². The van der Waals surface area contributed by atoms with Gasteiger partial charge in [-0.1, -0.05) is 23.8 Å². The lowest BCUT2D eigenvalue weighted by Gasteiger charge is -2.09. The topological polar surface area (TPSA) is 55.4 Å². The second kappa shape index (κ2) is 6.89. The zero-order chi connectivity index (χ0) is 16.1. The summed E-state index contributed by atoms with van der Waals surface area (Å²) >= 11 is 0. The smallest absolute Gasteiger partial charge is 0.338 e. The van der Waals surface area contributed by atoms with Crippen molar-refractivity contribution in [2.45, 2.75) is 20.8 Å². The molecular weight excluding hydrogens is 278 g/mol. The van der Waals surface area contributed by atoms with Gasteiger partial charge in [-0.2, -0.15) is 0 Å². The Bertz CT molecular complexity index is 707. The number of benzene rings is 2. The summed E-state index contributed by atoms with van der Waals surface area (Å²) in [5.74, 6) is -0.594. The van der Waals surface area contributed by atoms with Crippen LogP contribution in [0.2, 0.25) is 0 Å². The third-order valence-corrected chi connectivity index (χ3v) is 3.26. The molecule has 4 heteroatoms. The summed E-state index contributed by atoms with van der Waals surface area (Å²) in [5, 5.41) is 2.81. The summed E-state index contributed by atoms with van der Waals surface area (Å²) in [5.41, 5.74) is 3.63. The van der Waals surface area contributed by atoms with Crippen molar-refractivity contribution < 1.29 is 14.3 Å². The maximum absolute atomic E-state index is 12.3. The maximum Gasteiger partial charge on any atom is 0.338 e. The highest BCUT2D eigenvalue weighted by molar-refractivity contribution is 6.05. The van der Waals surface area contributed by atoms with Gasteiger partial charge in [0.25, 0.3) is 5.91 Å². The van der Waals surface area contributed by atoms with Gasteiger partial charge >= 0.3 is 5.97 Å².